The fourth-order valence-electron chi connectivity index (χ4n) is 1.47. The second-order valence-electron chi connectivity index (χ2n) is 3.60. The molecular formula is C10H13N3O2. The molecule has 0 aliphatic heterocycles. The summed E-state index contributed by atoms with van der Waals surface area (Å²) in [5.74, 6) is -0.110. The van der Waals surface area contributed by atoms with Crippen molar-refractivity contribution in [3.63, 3.8) is 0 Å². The van der Waals surface area contributed by atoms with Gasteiger partial charge in [0.2, 0.25) is 5.95 Å². The molecule has 1 aromatic heterocycles. The number of carboxylic acid groups (broad SMARTS) is 1. The van der Waals surface area contributed by atoms with Gasteiger partial charge in [-0.2, -0.15) is 0 Å². The highest BCUT2D eigenvalue weighted by atomic mass is 16.4. The van der Waals surface area contributed by atoms with Crippen LogP contribution in [0.15, 0.2) is 6.20 Å². The van der Waals surface area contributed by atoms with Crippen molar-refractivity contribution < 1.29 is 9.90 Å². The van der Waals surface area contributed by atoms with Crippen molar-refractivity contribution in [2.75, 3.05) is 11.9 Å². The Morgan fingerprint density at radius 1 is 1.67 bits per heavy atom. The topological polar surface area (TPSA) is 75.1 Å². The second kappa shape index (κ2) is 3.84. The van der Waals surface area contributed by atoms with Gasteiger partial charge in [-0.1, -0.05) is 0 Å². The van der Waals surface area contributed by atoms with Gasteiger partial charge in [-0.25, -0.2) is 14.8 Å². The van der Waals surface area contributed by atoms with Crippen LogP contribution in [0.1, 0.15) is 41.7 Å². The van der Waals surface area contributed by atoms with Crippen molar-refractivity contribution >= 4 is 11.9 Å². The molecule has 1 fully saturated rings. The molecule has 15 heavy (non-hydrogen) atoms. The fraction of sp³-hybridized carbons (Fsp3) is 0.500. The number of aromatic carboxylic acids is 1. The summed E-state index contributed by atoms with van der Waals surface area (Å²) in [6.07, 6.45) is 3.45. The molecule has 0 amide bonds. The van der Waals surface area contributed by atoms with Gasteiger partial charge >= 0.3 is 5.97 Å². The van der Waals surface area contributed by atoms with Gasteiger partial charge in [-0.05, 0) is 19.8 Å². The molecule has 80 valence electrons. The monoisotopic (exact) mass is 207 g/mol. The minimum Gasteiger partial charge on any atom is -0.478 e. The zero-order valence-electron chi connectivity index (χ0n) is 8.53. The Labute approximate surface area is 87.6 Å². The maximum Gasteiger partial charge on any atom is 0.339 e. The Morgan fingerprint density at radius 3 is 2.93 bits per heavy atom. The zero-order chi connectivity index (χ0) is 10.8. The van der Waals surface area contributed by atoms with Crippen LogP contribution >= 0.6 is 0 Å². The Kier molecular flexibility index (Phi) is 2.53. The first kappa shape index (κ1) is 9.89. The highest BCUT2D eigenvalue weighted by Gasteiger charge is 2.30. The maximum absolute atomic E-state index is 10.9. The number of hydrogen-bond donors (Lipinski definition) is 2. The Hall–Kier alpha value is -1.65. The van der Waals surface area contributed by atoms with Gasteiger partial charge < -0.3 is 10.4 Å². The van der Waals surface area contributed by atoms with Crippen molar-refractivity contribution in [3.8, 4) is 0 Å². The number of anilines is 1. The van der Waals surface area contributed by atoms with Crippen LogP contribution in [0.3, 0.4) is 0 Å². The van der Waals surface area contributed by atoms with E-state index >= 15 is 0 Å². The van der Waals surface area contributed by atoms with E-state index in [0.717, 1.165) is 19.4 Å². The van der Waals surface area contributed by atoms with Crippen molar-refractivity contribution in [2.24, 2.45) is 0 Å². The minimum atomic E-state index is -0.944. The second-order valence-corrected chi connectivity index (χ2v) is 3.60. The van der Waals surface area contributed by atoms with Gasteiger partial charge in [0.15, 0.2) is 0 Å². The molecule has 1 aliphatic carbocycles. The first-order chi connectivity index (χ1) is 7.22. The average Bonchev–Trinajstić information content (AvgIpc) is 3.01. The Bertz CT molecular complexity index is 388. The van der Waals surface area contributed by atoms with E-state index in [0.29, 0.717) is 17.6 Å². The van der Waals surface area contributed by atoms with Crippen LogP contribution in [0.25, 0.3) is 0 Å². The Balaban J connectivity index is 2.35. The molecule has 1 heterocycles. The van der Waals surface area contributed by atoms with E-state index < -0.39 is 5.97 Å². The third kappa shape index (κ3) is 2.06. The summed E-state index contributed by atoms with van der Waals surface area (Å²) in [4.78, 5) is 19.1. The van der Waals surface area contributed by atoms with Gasteiger partial charge in [0, 0.05) is 18.7 Å². The van der Waals surface area contributed by atoms with Gasteiger partial charge in [0.25, 0.3) is 0 Å². The van der Waals surface area contributed by atoms with Crippen LogP contribution in [0.2, 0.25) is 0 Å². The molecule has 0 aromatic carbocycles. The third-order valence-electron chi connectivity index (χ3n) is 2.35. The molecule has 1 saturated carbocycles. The van der Waals surface area contributed by atoms with E-state index in [1.165, 1.54) is 6.20 Å². The Morgan fingerprint density at radius 2 is 2.40 bits per heavy atom. The molecule has 2 N–H and O–H groups in total. The first-order valence-electron chi connectivity index (χ1n) is 5.06. The van der Waals surface area contributed by atoms with Crippen LogP contribution in [0.5, 0.6) is 0 Å². The van der Waals surface area contributed by atoms with E-state index in [1.54, 1.807) is 0 Å². The lowest BCUT2D eigenvalue weighted by molar-refractivity contribution is 0.0694. The largest absolute Gasteiger partial charge is 0.478 e. The molecule has 0 unspecified atom stereocenters. The lowest BCUT2D eigenvalue weighted by Gasteiger charge is -2.06. The van der Waals surface area contributed by atoms with Crippen LogP contribution in [-0.4, -0.2) is 27.6 Å². The number of nitrogens with one attached hydrogen (secondary N) is 1. The first-order valence-corrected chi connectivity index (χ1v) is 5.06. The maximum atomic E-state index is 10.9. The van der Waals surface area contributed by atoms with Gasteiger partial charge in [0.1, 0.15) is 0 Å². The van der Waals surface area contributed by atoms with Gasteiger partial charge in [0.05, 0.1) is 11.3 Å². The lowest BCUT2D eigenvalue weighted by atomic mass is 10.1. The summed E-state index contributed by atoms with van der Waals surface area (Å²) < 4.78 is 0. The van der Waals surface area contributed by atoms with Crippen LogP contribution in [0, 0.1) is 0 Å². The van der Waals surface area contributed by atoms with Crippen LogP contribution in [-0.2, 0) is 0 Å². The summed E-state index contributed by atoms with van der Waals surface area (Å²) in [5, 5.41) is 11.9. The highest BCUT2D eigenvalue weighted by molar-refractivity contribution is 5.89. The van der Waals surface area contributed by atoms with E-state index in [2.05, 4.69) is 15.3 Å². The van der Waals surface area contributed by atoms with Crippen molar-refractivity contribution in [2.45, 2.75) is 25.7 Å². The predicted molar refractivity (Wildman–Crippen MR) is 55.1 cm³/mol. The molecule has 0 atom stereocenters. The summed E-state index contributed by atoms with van der Waals surface area (Å²) >= 11 is 0. The molecule has 0 spiro atoms. The smallest absolute Gasteiger partial charge is 0.339 e. The van der Waals surface area contributed by atoms with Gasteiger partial charge in [-0.3, -0.25) is 0 Å². The molecule has 0 radical (unpaired) electrons. The molecule has 0 saturated heterocycles. The average molecular weight is 207 g/mol. The van der Waals surface area contributed by atoms with Crippen LogP contribution in [0.4, 0.5) is 5.95 Å². The molecule has 5 nitrogen and oxygen atoms in total. The quantitative estimate of drug-likeness (QED) is 0.782. The number of carboxylic acids is 1. The highest BCUT2D eigenvalue weighted by Crippen LogP contribution is 2.40. The van der Waals surface area contributed by atoms with Crippen molar-refractivity contribution in [1.82, 2.24) is 9.97 Å². The number of nitrogens with zero attached hydrogens (tertiary/aromatic N) is 2. The zero-order valence-corrected chi connectivity index (χ0v) is 8.53. The molecule has 5 heteroatoms. The fourth-order valence-corrected chi connectivity index (χ4v) is 1.47. The van der Waals surface area contributed by atoms with Crippen molar-refractivity contribution in [3.05, 3.63) is 17.5 Å². The summed E-state index contributed by atoms with van der Waals surface area (Å²) in [6, 6.07) is 0. The number of hydrogen-bond acceptors (Lipinski definition) is 4. The van der Waals surface area contributed by atoms with E-state index in [4.69, 9.17) is 5.11 Å². The van der Waals surface area contributed by atoms with E-state index in [-0.39, 0.29) is 5.56 Å². The van der Waals surface area contributed by atoms with E-state index in [1.807, 2.05) is 6.92 Å². The molecule has 2 rings (SSSR count). The molecule has 1 aromatic rings. The minimum absolute atomic E-state index is 0.235. The standard InChI is InChI=1S/C10H13N3O2/c1-2-11-10-12-5-7(9(14)15)8(13-10)6-3-4-6/h5-6H,2-4H2,1H3,(H,14,15)(H,11,12,13). The summed E-state index contributed by atoms with van der Waals surface area (Å²) in [5.41, 5.74) is 0.910. The van der Waals surface area contributed by atoms with E-state index in [9.17, 15) is 4.79 Å². The lowest BCUT2D eigenvalue weighted by Crippen LogP contribution is -2.09. The molecule has 0 bridgehead atoms. The number of rotatable bonds is 4. The summed E-state index contributed by atoms with van der Waals surface area (Å²) in [7, 11) is 0. The van der Waals surface area contributed by atoms with Crippen molar-refractivity contribution in [1.29, 1.82) is 0 Å². The molecular weight excluding hydrogens is 194 g/mol. The number of carbonyl (C=O) groups is 1. The SMILES string of the molecule is CCNc1ncc(C(=O)O)c(C2CC2)n1. The number of aromatic nitrogens is 2. The summed E-state index contributed by atoms with van der Waals surface area (Å²) in [6.45, 7) is 2.68. The third-order valence-corrected chi connectivity index (χ3v) is 2.35. The van der Waals surface area contributed by atoms with Gasteiger partial charge in [-0.15, -0.1) is 0 Å². The predicted octanol–water partition coefficient (Wildman–Crippen LogP) is 1.48. The van der Waals surface area contributed by atoms with Crippen LogP contribution < -0.4 is 5.32 Å². The molecule has 1 aliphatic rings. The normalized spacial score (nSPS) is 15.0.